The van der Waals surface area contributed by atoms with Crippen LogP contribution in [0.15, 0.2) is 42.7 Å². The molecule has 3 nitrogen and oxygen atoms in total. The summed E-state index contributed by atoms with van der Waals surface area (Å²) in [5.74, 6) is 0.128. The second-order valence-corrected chi connectivity index (χ2v) is 5.05. The number of Topliss-reactive ketones (excluding diaryl/α,β-unsaturated/α-hetero) is 1. The fourth-order valence-electron chi connectivity index (χ4n) is 1.68. The van der Waals surface area contributed by atoms with Gasteiger partial charge in [0, 0.05) is 23.4 Å². The lowest BCUT2D eigenvalue weighted by Gasteiger charge is -2.18. The van der Waals surface area contributed by atoms with Gasteiger partial charge >= 0.3 is 0 Å². The SMILES string of the molecule is CC(C)(C)C(=O)c1ccccc1-n1cccn1. The Balaban J connectivity index is 2.53. The fraction of sp³-hybridized carbons (Fsp3) is 0.286. The second kappa shape index (κ2) is 4.17. The molecule has 88 valence electrons. The van der Waals surface area contributed by atoms with Gasteiger partial charge in [0.2, 0.25) is 0 Å². The van der Waals surface area contributed by atoms with E-state index in [0.29, 0.717) is 5.56 Å². The molecule has 1 aromatic heterocycles. The first-order chi connectivity index (χ1) is 8.00. The first-order valence-electron chi connectivity index (χ1n) is 5.64. The molecule has 0 fully saturated rings. The van der Waals surface area contributed by atoms with Crippen molar-refractivity contribution < 1.29 is 4.79 Å². The van der Waals surface area contributed by atoms with E-state index in [1.807, 2.05) is 57.3 Å². The Morgan fingerprint density at radius 1 is 1.18 bits per heavy atom. The molecule has 17 heavy (non-hydrogen) atoms. The molecule has 0 unspecified atom stereocenters. The highest BCUT2D eigenvalue weighted by Crippen LogP contribution is 2.24. The van der Waals surface area contributed by atoms with Gasteiger partial charge in [-0.25, -0.2) is 4.68 Å². The summed E-state index contributed by atoms with van der Waals surface area (Å²) < 4.78 is 1.72. The van der Waals surface area contributed by atoms with Crippen LogP contribution in [0.5, 0.6) is 0 Å². The maximum Gasteiger partial charge on any atom is 0.170 e. The van der Waals surface area contributed by atoms with E-state index < -0.39 is 0 Å². The summed E-state index contributed by atoms with van der Waals surface area (Å²) in [5, 5.41) is 4.18. The Morgan fingerprint density at radius 2 is 1.88 bits per heavy atom. The number of hydrogen-bond donors (Lipinski definition) is 0. The first-order valence-corrected chi connectivity index (χ1v) is 5.64. The van der Waals surface area contributed by atoms with Gasteiger partial charge in [0.1, 0.15) is 0 Å². The summed E-state index contributed by atoms with van der Waals surface area (Å²) in [5.41, 5.74) is 1.16. The van der Waals surface area contributed by atoms with Crippen LogP contribution in [0.2, 0.25) is 0 Å². The van der Waals surface area contributed by atoms with Crippen molar-refractivity contribution in [2.75, 3.05) is 0 Å². The lowest BCUT2D eigenvalue weighted by Crippen LogP contribution is -2.22. The van der Waals surface area contributed by atoms with Crippen LogP contribution in [-0.2, 0) is 0 Å². The third-order valence-corrected chi connectivity index (χ3v) is 2.58. The summed E-state index contributed by atoms with van der Waals surface area (Å²) in [4.78, 5) is 12.3. The van der Waals surface area contributed by atoms with Crippen LogP contribution < -0.4 is 0 Å². The predicted molar refractivity (Wildman–Crippen MR) is 67.3 cm³/mol. The highest BCUT2D eigenvalue weighted by Gasteiger charge is 2.25. The minimum Gasteiger partial charge on any atom is -0.294 e. The largest absolute Gasteiger partial charge is 0.294 e. The molecular formula is C14H16N2O. The number of benzene rings is 1. The second-order valence-electron chi connectivity index (χ2n) is 5.05. The number of ketones is 1. The minimum atomic E-state index is -0.386. The van der Waals surface area contributed by atoms with Crippen molar-refractivity contribution >= 4 is 5.78 Å². The molecule has 1 heterocycles. The minimum absolute atomic E-state index is 0.128. The third-order valence-electron chi connectivity index (χ3n) is 2.58. The Morgan fingerprint density at radius 3 is 2.47 bits per heavy atom. The molecule has 2 rings (SSSR count). The Hall–Kier alpha value is -1.90. The van der Waals surface area contributed by atoms with Crippen molar-refractivity contribution in [3.05, 3.63) is 48.3 Å². The summed E-state index contributed by atoms with van der Waals surface area (Å²) in [6.45, 7) is 5.78. The number of nitrogens with zero attached hydrogens (tertiary/aromatic N) is 2. The molecule has 2 aromatic rings. The van der Waals surface area contributed by atoms with Gasteiger partial charge in [0.15, 0.2) is 5.78 Å². The van der Waals surface area contributed by atoms with Gasteiger partial charge in [-0.05, 0) is 18.2 Å². The zero-order valence-electron chi connectivity index (χ0n) is 10.3. The van der Waals surface area contributed by atoms with Crippen molar-refractivity contribution in [3.8, 4) is 5.69 Å². The van der Waals surface area contributed by atoms with Gasteiger partial charge < -0.3 is 0 Å². The molecule has 0 saturated carbocycles. The van der Waals surface area contributed by atoms with Gasteiger partial charge in [-0.1, -0.05) is 32.9 Å². The maximum atomic E-state index is 12.3. The first kappa shape index (κ1) is 11.6. The topological polar surface area (TPSA) is 34.9 Å². The van der Waals surface area contributed by atoms with Gasteiger partial charge in [0.25, 0.3) is 0 Å². The van der Waals surface area contributed by atoms with E-state index in [1.165, 1.54) is 0 Å². The number of para-hydroxylation sites is 1. The molecule has 0 saturated heterocycles. The Labute approximate surface area is 101 Å². The molecule has 0 atom stereocenters. The molecule has 0 spiro atoms. The van der Waals surface area contributed by atoms with E-state index in [0.717, 1.165) is 5.69 Å². The maximum absolute atomic E-state index is 12.3. The molecule has 3 heteroatoms. The summed E-state index contributed by atoms with van der Waals surface area (Å²) >= 11 is 0. The van der Waals surface area contributed by atoms with Gasteiger partial charge in [0.05, 0.1) is 5.69 Å². The standard InChI is InChI=1S/C14H16N2O/c1-14(2,3)13(17)11-7-4-5-8-12(11)16-10-6-9-15-16/h4-10H,1-3H3. The third kappa shape index (κ3) is 2.28. The van der Waals surface area contributed by atoms with Gasteiger partial charge in [-0.2, -0.15) is 5.10 Å². The van der Waals surface area contributed by atoms with Crippen LogP contribution in [0.3, 0.4) is 0 Å². The quantitative estimate of drug-likeness (QED) is 0.740. The molecule has 0 amide bonds. The number of hydrogen-bond acceptors (Lipinski definition) is 2. The van der Waals surface area contributed by atoms with Crippen LogP contribution in [0, 0.1) is 5.41 Å². The number of carbonyl (C=O) groups is 1. The van der Waals surface area contributed by atoms with Crippen LogP contribution in [0.1, 0.15) is 31.1 Å². The zero-order chi connectivity index (χ0) is 12.5. The summed E-state index contributed by atoms with van der Waals surface area (Å²) in [6, 6.07) is 9.40. The highest BCUT2D eigenvalue weighted by atomic mass is 16.1. The normalized spacial score (nSPS) is 11.5. The highest BCUT2D eigenvalue weighted by molar-refractivity contribution is 6.02. The van der Waals surface area contributed by atoms with Crippen molar-refractivity contribution in [3.63, 3.8) is 0 Å². The molecule has 0 aliphatic heterocycles. The molecule has 1 aromatic carbocycles. The lowest BCUT2D eigenvalue weighted by atomic mass is 9.86. The Kier molecular flexibility index (Phi) is 2.84. The number of aromatic nitrogens is 2. The van der Waals surface area contributed by atoms with E-state index in [-0.39, 0.29) is 11.2 Å². The van der Waals surface area contributed by atoms with Gasteiger partial charge in [-0.15, -0.1) is 0 Å². The van der Waals surface area contributed by atoms with Crippen LogP contribution in [0.4, 0.5) is 0 Å². The van der Waals surface area contributed by atoms with E-state index in [9.17, 15) is 4.79 Å². The monoisotopic (exact) mass is 228 g/mol. The van der Waals surface area contributed by atoms with Crippen molar-refractivity contribution in [1.29, 1.82) is 0 Å². The molecule has 0 radical (unpaired) electrons. The fourth-order valence-corrected chi connectivity index (χ4v) is 1.68. The zero-order valence-corrected chi connectivity index (χ0v) is 10.3. The molecule has 0 bridgehead atoms. The van der Waals surface area contributed by atoms with Gasteiger partial charge in [-0.3, -0.25) is 4.79 Å². The smallest absolute Gasteiger partial charge is 0.170 e. The van der Waals surface area contributed by atoms with Crippen LogP contribution in [-0.4, -0.2) is 15.6 Å². The lowest BCUT2D eigenvalue weighted by molar-refractivity contribution is 0.0858. The number of carbonyl (C=O) groups excluding carboxylic acids is 1. The van der Waals surface area contributed by atoms with E-state index in [2.05, 4.69) is 5.10 Å². The van der Waals surface area contributed by atoms with E-state index >= 15 is 0 Å². The average Bonchev–Trinajstić information content (AvgIpc) is 2.80. The molecule has 0 N–H and O–H groups in total. The van der Waals surface area contributed by atoms with E-state index in [4.69, 9.17) is 0 Å². The molecule has 0 aliphatic carbocycles. The van der Waals surface area contributed by atoms with E-state index in [1.54, 1.807) is 10.9 Å². The number of rotatable bonds is 2. The Bertz CT molecular complexity index is 521. The van der Waals surface area contributed by atoms with Crippen molar-refractivity contribution in [2.24, 2.45) is 5.41 Å². The van der Waals surface area contributed by atoms with Crippen LogP contribution >= 0.6 is 0 Å². The average molecular weight is 228 g/mol. The molecule has 0 aliphatic rings. The van der Waals surface area contributed by atoms with Crippen LogP contribution in [0.25, 0.3) is 5.69 Å². The summed E-state index contributed by atoms with van der Waals surface area (Å²) in [7, 11) is 0. The van der Waals surface area contributed by atoms with Crippen molar-refractivity contribution in [1.82, 2.24) is 9.78 Å². The van der Waals surface area contributed by atoms with Crippen molar-refractivity contribution in [2.45, 2.75) is 20.8 Å². The summed E-state index contributed by atoms with van der Waals surface area (Å²) in [6.07, 6.45) is 3.55. The predicted octanol–water partition coefficient (Wildman–Crippen LogP) is 3.10. The molecular weight excluding hydrogens is 212 g/mol.